The molecule has 0 amide bonds. The normalized spacial score (nSPS) is 10.8. The molecule has 74 valence electrons. The van der Waals surface area contributed by atoms with Crippen LogP contribution in [0.2, 0.25) is 0 Å². The van der Waals surface area contributed by atoms with Crippen LogP contribution >= 0.6 is 23.1 Å². The summed E-state index contributed by atoms with van der Waals surface area (Å²) in [5.74, 6) is -0.175. The van der Waals surface area contributed by atoms with Crippen LogP contribution in [0.25, 0.3) is 10.1 Å². The zero-order valence-corrected chi connectivity index (χ0v) is 9.47. The number of fused-ring (bicyclic) bond motifs is 1. The molecule has 0 radical (unpaired) electrons. The number of thiophene rings is 1. The largest absolute Gasteiger partial charge is 0.487 e. The average molecular weight is 228 g/mol. The molecule has 0 atom stereocenters. The van der Waals surface area contributed by atoms with Crippen LogP contribution in [0.3, 0.4) is 0 Å². The van der Waals surface area contributed by atoms with E-state index in [4.69, 9.17) is 4.74 Å². The third-order valence-corrected chi connectivity index (χ3v) is 3.73. The van der Waals surface area contributed by atoms with Crippen LogP contribution in [0, 0.1) is 5.82 Å². The molecule has 0 bridgehead atoms. The van der Waals surface area contributed by atoms with Crippen molar-refractivity contribution in [1.82, 2.24) is 0 Å². The summed E-state index contributed by atoms with van der Waals surface area (Å²) in [6, 6.07) is 5.27. The summed E-state index contributed by atoms with van der Waals surface area (Å²) in [6.45, 7) is 0. The molecular formula is C10H9FOS2. The van der Waals surface area contributed by atoms with E-state index < -0.39 is 0 Å². The van der Waals surface area contributed by atoms with Crippen LogP contribution < -0.4 is 4.74 Å². The second-order valence-electron chi connectivity index (χ2n) is 2.79. The van der Waals surface area contributed by atoms with E-state index in [-0.39, 0.29) is 5.82 Å². The van der Waals surface area contributed by atoms with E-state index >= 15 is 0 Å². The van der Waals surface area contributed by atoms with E-state index in [9.17, 15) is 4.39 Å². The first-order chi connectivity index (χ1) is 6.74. The lowest BCUT2D eigenvalue weighted by molar-refractivity contribution is 0.427. The van der Waals surface area contributed by atoms with E-state index in [2.05, 4.69) is 0 Å². The molecule has 0 unspecified atom stereocenters. The van der Waals surface area contributed by atoms with Crippen molar-refractivity contribution >= 4 is 33.2 Å². The van der Waals surface area contributed by atoms with Gasteiger partial charge in [-0.15, -0.1) is 11.8 Å². The van der Waals surface area contributed by atoms with E-state index in [0.29, 0.717) is 5.39 Å². The van der Waals surface area contributed by atoms with Crippen molar-refractivity contribution < 1.29 is 9.13 Å². The Hall–Kier alpha value is -0.740. The summed E-state index contributed by atoms with van der Waals surface area (Å²) in [6.07, 6.45) is 1.94. The van der Waals surface area contributed by atoms with Gasteiger partial charge in [-0.2, -0.15) is 0 Å². The van der Waals surface area contributed by atoms with Gasteiger partial charge in [0.2, 0.25) is 0 Å². The quantitative estimate of drug-likeness (QED) is 0.724. The van der Waals surface area contributed by atoms with Gasteiger partial charge in [0.25, 0.3) is 0 Å². The molecule has 0 saturated carbocycles. The Kier molecular flexibility index (Phi) is 2.65. The molecule has 0 aliphatic carbocycles. The zero-order chi connectivity index (χ0) is 10.1. The third-order valence-electron chi connectivity index (χ3n) is 1.97. The molecule has 0 fully saturated rings. The summed E-state index contributed by atoms with van der Waals surface area (Å²) in [5.41, 5.74) is 0. The molecule has 0 saturated heterocycles. The standard InChI is InChI=1S/C10H9FOS2/c1-12-10-5-7-8(11)3-6(13-2)4-9(7)14-10/h3-5H,1-2H3. The highest BCUT2D eigenvalue weighted by atomic mass is 32.2. The fraction of sp³-hybridized carbons (Fsp3) is 0.200. The van der Waals surface area contributed by atoms with Crippen molar-refractivity contribution in [1.29, 1.82) is 0 Å². The van der Waals surface area contributed by atoms with E-state index in [0.717, 1.165) is 14.7 Å². The predicted octanol–water partition coefficient (Wildman–Crippen LogP) is 3.77. The Morgan fingerprint density at radius 1 is 1.36 bits per heavy atom. The van der Waals surface area contributed by atoms with Gasteiger partial charge in [-0.05, 0) is 18.4 Å². The minimum absolute atomic E-state index is 0.175. The molecule has 0 N–H and O–H groups in total. The number of methoxy groups -OCH3 is 1. The molecule has 1 nitrogen and oxygen atoms in total. The summed E-state index contributed by atoms with van der Waals surface area (Å²) >= 11 is 3.01. The monoisotopic (exact) mass is 228 g/mol. The summed E-state index contributed by atoms with van der Waals surface area (Å²) in [4.78, 5) is 0.944. The highest BCUT2D eigenvalue weighted by Gasteiger charge is 2.08. The van der Waals surface area contributed by atoms with Crippen LogP contribution in [-0.4, -0.2) is 13.4 Å². The van der Waals surface area contributed by atoms with Crippen molar-refractivity contribution in [3.63, 3.8) is 0 Å². The maximum absolute atomic E-state index is 13.5. The third kappa shape index (κ3) is 1.60. The Morgan fingerprint density at radius 3 is 2.79 bits per heavy atom. The van der Waals surface area contributed by atoms with Crippen molar-refractivity contribution in [2.24, 2.45) is 0 Å². The number of ether oxygens (including phenoxy) is 1. The van der Waals surface area contributed by atoms with Crippen molar-refractivity contribution in [2.45, 2.75) is 4.90 Å². The molecule has 14 heavy (non-hydrogen) atoms. The van der Waals surface area contributed by atoms with Crippen molar-refractivity contribution in [3.05, 3.63) is 24.0 Å². The number of hydrogen-bond acceptors (Lipinski definition) is 3. The fourth-order valence-corrected chi connectivity index (χ4v) is 2.73. The van der Waals surface area contributed by atoms with Gasteiger partial charge in [0, 0.05) is 21.0 Å². The van der Waals surface area contributed by atoms with Gasteiger partial charge in [0.05, 0.1) is 7.11 Å². The van der Waals surface area contributed by atoms with E-state index in [1.54, 1.807) is 31.0 Å². The number of benzene rings is 1. The number of thioether (sulfide) groups is 1. The van der Waals surface area contributed by atoms with Crippen LogP contribution in [0.15, 0.2) is 23.1 Å². The summed E-state index contributed by atoms with van der Waals surface area (Å²) in [5, 5.41) is 1.39. The molecule has 1 aromatic heterocycles. The lowest BCUT2D eigenvalue weighted by Gasteiger charge is -1.96. The minimum Gasteiger partial charge on any atom is -0.487 e. The highest BCUT2D eigenvalue weighted by Crippen LogP contribution is 2.35. The molecule has 1 aromatic carbocycles. The summed E-state index contributed by atoms with van der Waals surface area (Å²) < 4.78 is 19.5. The lowest BCUT2D eigenvalue weighted by Crippen LogP contribution is -1.77. The molecule has 2 rings (SSSR count). The SMILES string of the molecule is COc1cc2c(F)cc(SC)cc2s1. The molecule has 4 heteroatoms. The Labute approximate surface area is 89.9 Å². The van der Waals surface area contributed by atoms with Crippen LogP contribution in [0.5, 0.6) is 5.06 Å². The maximum Gasteiger partial charge on any atom is 0.174 e. The second kappa shape index (κ2) is 3.79. The van der Waals surface area contributed by atoms with Gasteiger partial charge in [0.15, 0.2) is 5.06 Å². The molecular weight excluding hydrogens is 219 g/mol. The molecule has 1 heterocycles. The smallest absolute Gasteiger partial charge is 0.174 e. The average Bonchev–Trinajstić information content (AvgIpc) is 2.61. The lowest BCUT2D eigenvalue weighted by atomic mass is 10.2. The Balaban J connectivity index is 2.67. The Bertz CT molecular complexity index is 464. The first kappa shape index (κ1) is 9.80. The van der Waals surface area contributed by atoms with Gasteiger partial charge in [-0.1, -0.05) is 11.3 Å². The topological polar surface area (TPSA) is 9.23 Å². The van der Waals surface area contributed by atoms with Gasteiger partial charge in [0.1, 0.15) is 5.82 Å². The number of halogens is 1. The molecule has 0 aliphatic rings. The van der Waals surface area contributed by atoms with Crippen molar-refractivity contribution in [2.75, 3.05) is 13.4 Å². The van der Waals surface area contributed by atoms with Crippen LogP contribution in [0.1, 0.15) is 0 Å². The van der Waals surface area contributed by atoms with Gasteiger partial charge < -0.3 is 4.74 Å². The Morgan fingerprint density at radius 2 is 2.14 bits per heavy atom. The van der Waals surface area contributed by atoms with Gasteiger partial charge in [-0.25, -0.2) is 4.39 Å². The molecule has 0 spiro atoms. The van der Waals surface area contributed by atoms with Crippen molar-refractivity contribution in [3.8, 4) is 5.06 Å². The van der Waals surface area contributed by atoms with Crippen LogP contribution in [0.4, 0.5) is 4.39 Å². The van der Waals surface area contributed by atoms with Gasteiger partial charge in [-0.3, -0.25) is 0 Å². The molecule has 2 aromatic rings. The first-order valence-electron chi connectivity index (χ1n) is 4.05. The van der Waals surface area contributed by atoms with E-state index in [1.165, 1.54) is 11.3 Å². The number of hydrogen-bond donors (Lipinski definition) is 0. The summed E-state index contributed by atoms with van der Waals surface area (Å²) in [7, 11) is 1.60. The first-order valence-corrected chi connectivity index (χ1v) is 6.10. The maximum atomic E-state index is 13.5. The second-order valence-corrected chi connectivity index (χ2v) is 4.72. The van der Waals surface area contributed by atoms with Gasteiger partial charge >= 0.3 is 0 Å². The fourth-order valence-electron chi connectivity index (χ4n) is 1.27. The predicted molar refractivity (Wildman–Crippen MR) is 60.1 cm³/mol. The minimum atomic E-state index is -0.175. The molecule has 0 aliphatic heterocycles. The zero-order valence-electron chi connectivity index (χ0n) is 7.83. The van der Waals surface area contributed by atoms with E-state index in [1.807, 2.05) is 12.3 Å². The number of rotatable bonds is 2. The highest BCUT2D eigenvalue weighted by molar-refractivity contribution is 7.98. The van der Waals surface area contributed by atoms with Crippen LogP contribution in [-0.2, 0) is 0 Å².